The summed E-state index contributed by atoms with van der Waals surface area (Å²) in [5, 5.41) is 3.37. The Bertz CT molecular complexity index is 175. The second kappa shape index (κ2) is 5.86. The minimum Gasteiger partial charge on any atom is -0.316 e. The second-order valence-corrected chi connectivity index (χ2v) is 5.29. The molecule has 88 valence electrons. The largest absolute Gasteiger partial charge is 0.316 e. The van der Waals surface area contributed by atoms with Crippen LogP contribution in [0.2, 0.25) is 0 Å². The van der Waals surface area contributed by atoms with Crippen molar-refractivity contribution in [3.63, 3.8) is 0 Å². The standard InChI is InChI=1S/C13H26N2/c1-2-5-13-6-3-4-8-15(13)9-7-12-10-14-11-12/h12-14H,2-11H2,1H3. The van der Waals surface area contributed by atoms with Gasteiger partial charge >= 0.3 is 0 Å². The predicted molar refractivity (Wildman–Crippen MR) is 65.1 cm³/mol. The van der Waals surface area contributed by atoms with Crippen LogP contribution in [0.4, 0.5) is 0 Å². The van der Waals surface area contributed by atoms with Crippen LogP contribution in [0.15, 0.2) is 0 Å². The molecule has 1 N–H and O–H groups in total. The summed E-state index contributed by atoms with van der Waals surface area (Å²) in [6.07, 6.45) is 8.55. The van der Waals surface area contributed by atoms with Gasteiger partial charge in [-0.15, -0.1) is 0 Å². The lowest BCUT2D eigenvalue weighted by atomic mass is 9.95. The maximum atomic E-state index is 3.37. The lowest BCUT2D eigenvalue weighted by molar-refractivity contribution is 0.124. The monoisotopic (exact) mass is 210 g/mol. The van der Waals surface area contributed by atoms with Crippen LogP contribution in [0.25, 0.3) is 0 Å². The van der Waals surface area contributed by atoms with Gasteiger partial charge in [-0.3, -0.25) is 0 Å². The van der Waals surface area contributed by atoms with Crippen LogP contribution < -0.4 is 5.32 Å². The van der Waals surface area contributed by atoms with E-state index in [9.17, 15) is 0 Å². The Hall–Kier alpha value is -0.0800. The van der Waals surface area contributed by atoms with Gasteiger partial charge in [0.05, 0.1) is 0 Å². The fourth-order valence-corrected chi connectivity index (χ4v) is 2.92. The van der Waals surface area contributed by atoms with Gasteiger partial charge in [-0.1, -0.05) is 19.8 Å². The molecule has 1 unspecified atom stereocenters. The topological polar surface area (TPSA) is 15.3 Å². The van der Waals surface area contributed by atoms with Crippen LogP contribution in [0.5, 0.6) is 0 Å². The van der Waals surface area contributed by atoms with Gasteiger partial charge in [-0.2, -0.15) is 0 Å². The van der Waals surface area contributed by atoms with E-state index in [1.807, 2.05) is 0 Å². The first-order valence-electron chi connectivity index (χ1n) is 6.85. The van der Waals surface area contributed by atoms with E-state index in [1.54, 1.807) is 0 Å². The molecule has 0 aliphatic carbocycles. The zero-order valence-electron chi connectivity index (χ0n) is 10.2. The molecule has 2 heteroatoms. The van der Waals surface area contributed by atoms with Crippen LogP contribution in [-0.2, 0) is 0 Å². The molecule has 0 aromatic carbocycles. The molecule has 0 spiro atoms. The van der Waals surface area contributed by atoms with Gasteiger partial charge in [0.1, 0.15) is 0 Å². The van der Waals surface area contributed by atoms with Crippen molar-refractivity contribution in [2.75, 3.05) is 26.2 Å². The van der Waals surface area contributed by atoms with Gasteiger partial charge in [0.15, 0.2) is 0 Å². The quantitative estimate of drug-likeness (QED) is 0.749. The molecule has 2 fully saturated rings. The number of piperidine rings is 1. The molecule has 2 aliphatic heterocycles. The molecule has 2 nitrogen and oxygen atoms in total. The highest BCUT2D eigenvalue weighted by Crippen LogP contribution is 2.22. The van der Waals surface area contributed by atoms with Crippen LogP contribution in [0, 0.1) is 5.92 Å². The fraction of sp³-hybridized carbons (Fsp3) is 1.00. The summed E-state index contributed by atoms with van der Waals surface area (Å²) in [6, 6.07) is 0.914. The zero-order chi connectivity index (χ0) is 10.5. The smallest absolute Gasteiger partial charge is 0.00951 e. The maximum absolute atomic E-state index is 3.37. The average Bonchev–Trinajstić information content (AvgIpc) is 2.18. The number of nitrogens with one attached hydrogen (secondary N) is 1. The van der Waals surface area contributed by atoms with Crippen LogP contribution in [0.3, 0.4) is 0 Å². The molecule has 15 heavy (non-hydrogen) atoms. The summed E-state index contributed by atoms with van der Waals surface area (Å²) in [6.45, 7) is 7.59. The Morgan fingerprint density at radius 1 is 1.20 bits per heavy atom. The van der Waals surface area contributed by atoms with Crippen molar-refractivity contribution in [2.24, 2.45) is 5.92 Å². The first kappa shape index (κ1) is 11.4. The summed E-state index contributed by atoms with van der Waals surface area (Å²) in [5.41, 5.74) is 0. The van der Waals surface area contributed by atoms with Crippen molar-refractivity contribution in [3.8, 4) is 0 Å². The number of hydrogen-bond acceptors (Lipinski definition) is 2. The molecule has 0 aromatic heterocycles. The molecule has 0 amide bonds. The molecular formula is C13H26N2. The van der Waals surface area contributed by atoms with Gasteiger partial charge in [0, 0.05) is 6.04 Å². The van der Waals surface area contributed by atoms with Crippen LogP contribution in [-0.4, -0.2) is 37.1 Å². The SMILES string of the molecule is CCCC1CCCCN1CCC1CNC1. The van der Waals surface area contributed by atoms with Crippen molar-refractivity contribution in [3.05, 3.63) is 0 Å². The molecule has 0 bridgehead atoms. The Kier molecular flexibility index (Phi) is 4.45. The zero-order valence-corrected chi connectivity index (χ0v) is 10.2. The number of hydrogen-bond donors (Lipinski definition) is 1. The normalized spacial score (nSPS) is 29.0. The molecule has 0 aromatic rings. The molecule has 0 saturated carbocycles. The fourth-order valence-electron chi connectivity index (χ4n) is 2.92. The Morgan fingerprint density at radius 2 is 2.07 bits per heavy atom. The van der Waals surface area contributed by atoms with Crippen LogP contribution in [0.1, 0.15) is 45.4 Å². The highest BCUT2D eigenvalue weighted by atomic mass is 15.2. The molecule has 2 aliphatic rings. The van der Waals surface area contributed by atoms with E-state index in [4.69, 9.17) is 0 Å². The third kappa shape index (κ3) is 3.18. The van der Waals surface area contributed by atoms with Crippen molar-refractivity contribution in [2.45, 2.75) is 51.5 Å². The summed E-state index contributed by atoms with van der Waals surface area (Å²) in [4.78, 5) is 2.77. The molecule has 1 atom stereocenters. The summed E-state index contributed by atoms with van der Waals surface area (Å²) in [7, 11) is 0. The molecule has 2 saturated heterocycles. The van der Waals surface area contributed by atoms with Gasteiger partial charge in [-0.05, 0) is 57.8 Å². The highest BCUT2D eigenvalue weighted by Gasteiger charge is 2.23. The third-order valence-electron chi connectivity index (χ3n) is 4.06. The van der Waals surface area contributed by atoms with Crippen molar-refractivity contribution in [1.29, 1.82) is 0 Å². The minimum atomic E-state index is 0.914. The molecule has 2 heterocycles. The minimum absolute atomic E-state index is 0.914. The number of likely N-dealkylation sites (tertiary alicyclic amines) is 1. The predicted octanol–water partition coefficient (Wildman–Crippen LogP) is 2.25. The van der Waals surface area contributed by atoms with E-state index in [0.29, 0.717) is 0 Å². The van der Waals surface area contributed by atoms with E-state index < -0.39 is 0 Å². The third-order valence-corrected chi connectivity index (χ3v) is 4.06. The van der Waals surface area contributed by atoms with Gasteiger partial charge in [0.25, 0.3) is 0 Å². The first-order valence-corrected chi connectivity index (χ1v) is 6.85. The van der Waals surface area contributed by atoms with Gasteiger partial charge in [0.2, 0.25) is 0 Å². The lowest BCUT2D eigenvalue weighted by Gasteiger charge is -2.37. The van der Waals surface area contributed by atoms with Gasteiger partial charge in [-0.25, -0.2) is 0 Å². The highest BCUT2D eigenvalue weighted by molar-refractivity contribution is 4.80. The van der Waals surface area contributed by atoms with Crippen molar-refractivity contribution >= 4 is 0 Å². The second-order valence-electron chi connectivity index (χ2n) is 5.29. The van der Waals surface area contributed by atoms with E-state index in [0.717, 1.165) is 12.0 Å². The summed E-state index contributed by atoms with van der Waals surface area (Å²) >= 11 is 0. The van der Waals surface area contributed by atoms with E-state index >= 15 is 0 Å². The molecule has 2 rings (SSSR count). The Labute approximate surface area is 94.4 Å². The van der Waals surface area contributed by atoms with Crippen molar-refractivity contribution < 1.29 is 0 Å². The molecular weight excluding hydrogens is 184 g/mol. The van der Waals surface area contributed by atoms with E-state index in [2.05, 4.69) is 17.1 Å². The summed E-state index contributed by atoms with van der Waals surface area (Å²) in [5.74, 6) is 0.981. The van der Waals surface area contributed by atoms with Gasteiger partial charge < -0.3 is 10.2 Å². The molecule has 0 radical (unpaired) electrons. The Balaban J connectivity index is 1.71. The Morgan fingerprint density at radius 3 is 2.73 bits per heavy atom. The van der Waals surface area contributed by atoms with E-state index in [-0.39, 0.29) is 0 Å². The average molecular weight is 210 g/mol. The summed E-state index contributed by atoms with van der Waals surface area (Å²) < 4.78 is 0. The van der Waals surface area contributed by atoms with Crippen LogP contribution >= 0.6 is 0 Å². The maximum Gasteiger partial charge on any atom is 0.00951 e. The number of rotatable bonds is 5. The first-order chi connectivity index (χ1) is 7.40. The van der Waals surface area contributed by atoms with Crippen molar-refractivity contribution in [1.82, 2.24) is 10.2 Å². The lowest BCUT2D eigenvalue weighted by Crippen LogP contribution is -2.46. The number of nitrogens with zero attached hydrogens (tertiary/aromatic N) is 1. The van der Waals surface area contributed by atoms with E-state index in [1.165, 1.54) is 64.7 Å².